The van der Waals surface area contributed by atoms with E-state index in [1.54, 1.807) is 4.90 Å². The van der Waals surface area contributed by atoms with Crippen LogP contribution >= 0.6 is 11.8 Å². The summed E-state index contributed by atoms with van der Waals surface area (Å²) >= 11 is 1.86. The molecule has 1 unspecified atom stereocenters. The van der Waals surface area contributed by atoms with Crippen molar-refractivity contribution in [3.63, 3.8) is 0 Å². The van der Waals surface area contributed by atoms with Crippen LogP contribution in [0.1, 0.15) is 20.8 Å². The second kappa shape index (κ2) is 6.13. The predicted octanol–water partition coefficient (Wildman–Crippen LogP) is 1.36. The van der Waals surface area contributed by atoms with Crippen molar-refractivity contribution in [2.75, 3.05) is 24.6 Å². The molecule has 1 N–H and O–H groups in total. The third-order valence-electron chi connectivity index (χ3n) is 2.68. The summed E-state index contributed by atoms with van der Waals surface area (Å²) in [5, 5.41) is 2.81. The number of carbonyl (C=O) groups excluding carboxylic acids is 2. The second-order valence-electron chi connectivity index (χ2n) is 4.38. The van der Waals surface area contributed by atoms with Gasteiger partial charge in [0, 0.05) is 24.6 Å². The van der Waals surface area contributed by atoms with Crippen LogP contribution in [0.25, 0.3) is 0 Å². The molecule has 0 aromatic rings. The first-order chi connectivity index (χ1) is 7.52. The Morgan fingerprint density at radius 3 is 2.25 bits per heavy atom. The van der Waals surface area contributed by atoms with Crippen molar-refractivity contribution in [1.29, 1.82) is 0 Å². The maximum absolute atomic E-state index is 11.9. The molecular weight excluding hydrogens is 224 g/mol. The Balaban J connectivity index is 2.50. The molecule has 1 aliphatic heterocycles. The highest BCUT2D eigenvalue weighted by molar-refractivity contribution is 7.99. The standard InChI is InChI=1S/C11H20N2O2S/c1-8(2)10(9(3)14)12-11(15)13-4-6-16-7-5-13/h8,10H,4-7H2,1-3H3,(H,12,15). The summed E-state index contributed by atoms with van der Waals surface area (Å²) in [7, 11) is 0. The molecule has 0 radical (unpaired) electrons. The van der Waals surface area contributed by atoms with E-state index in [0.29, 0.717) is 0 Å². The number of hydrogen-bond acceptors (Lipinski definition) is 3. The highest BCUT2D eigenvalue weighted by Gasteiger charge is 2.24. The number of urea groups is 1. The van der Waals surface area contributed by atoms with E-state index in [-0.39, 0.29) is 23.8 Å². The smallest absolute Gasteiger partial charge is 0.318 e. The number of carbonyl (C=O) groups is 2. The maximum atomic E-state index is 11.9. The molecule has 4 nitrogen and oxygen atoms in total. The first-order valence-corrected chi connectivity index (χ1v) is 6.81. The minimum Gasteiger partial charge on any atom is -0.328 e. The van der Waals surface area contributed by atoms with E-state index < -0.39 is 0 Å². The fourth-order valence-corrected chi connectivity index (χ4v) is 2.63. The van der Waals surface area contributed by atoms with Gasteiger partial charge < -0.3 is 10.2 Å². The average Bonchev–Trinajstić information content (AvgIpc) is 2.25. The van der Waals surface area contributed by atoms with Crippen LogP contribution in [-0.4, -0.2) is 47.4 Å². The number of thioether (sulfide) groups is 1. The van der Waals surface area contributed by atoms with Crippen LogP contribution in [0.2, 0.25) is 0 Å². The molecule has 2 amide bonds. The largest absolute Gasteiger partial charge is 0.328 e. The van der Waals surface area contributed by atoms with Gasteiger partial charge in [0.15, 0.2) is 5.78 Å². The van der Waals surface area contributed by atoms with Crippen molar-refractivity contribution in [3.05, 3.63) is 0 Å². The molecule has 1 fully saturated rings. The van der Waals surface area contributed by atoms with Gasteiger partial charge in [-0.2, -0.15) is 11.8 Å². The molecule has 5 heteroatoms. The first-order valence-electron chi connectivity index (χ1n) is 5.66. The van der Waals surface area contributed by atoms with Crippen LogP contribution < -0.4 is 5.32 Å². The van der Waals surface area contributed by atoms with Gasteiger partial charge in [-0.1, -0.05) is 13.8 Å². The van der Waals surface area contributed by atoms with Crippen molar-refractivity contribution in [2.24, 2.45) is 5.92 Å². The number of nitrogens with zero attached hydrogens (tertiary/aromatic N) is 1. The van der Waals surface area contributed by atoms with Crippen LogP contribution in [0.15, 0.2) is 0 Å². The van der Waals surface area contributed by atoms with E-state index in [4.69, 9.17) is 0 Å². The average molecular weight is 244 g/mol. The molecule has 0 aliphatic carbocycles. The van der Waals surface area contributed by atoms with Crippen molar-refractivity contribution in [2.45, 2.75) is 26.8 Å². The Kier molecular flexibility index (Phi) is 5.12. The highest BCUT2D eigenvalue weighted by Crippen LogP contribution is 2.10. The monoisotopic (exact) mass is 244 g/mol. The summed E-state index contributed by atoms with van der Waals surface area (Å²) in [6, 6.07) is -0.462. The number of nitrogens with one attached hydrogen (secondary N) is 1. The predicted molar refractivity (Wildman–Crippen MR) is 66.7 cm³/mol. The van der Waals surface area contributed by atoms with Crippen LogP contribution in [-0.2, 0) is 4.79 Å². The lowest BCUT2D eigenvalue weighted by molar-refractivity contribution is -0.119. The molecular formula is C11H20N2O2S. The minimum atomic E-state index is -0.359. The van der Waals surface area contributed by atoms with E-state index in [1.165, 1.54) is 6.92 Å². The summed E-state index contributed by atoms with van der Waals surface area (Å²) in [5.41, 5.74) is 0. The van der Waals surface area contributed by atoms with E-state index in [0.717, 1.165) is 24.6 Å². The van der Waals surface area contributed by atoms with Gasteiger partial charge in [0.25, 0.3) is 0 Å². The third-order valence-corrected chi connectivity index (χ3v) is 3.62. The summed E-state index contributed by atoms with van der Waals surface area (Å²) in [6.07, 6.45) is 0. The van der Waals surface area contributed by atoms with Gasteiger partial charge >= 0.3 is 6.03 Å². The van der Waals surface area contributed by atoms with Crippen molar-refractivity contribution < 1.29 is 9.59 Å². The van der Waals surface area contributed by atoms with E-state index >= 15 is 0 Å². The normalized spacial score (nSPS) is 18.4. The fraction of sp³-hybridized carbons (Fsp3) is 0.818. The van der Waals surface area contributed by atoms with Gasteiger partial charge in [0.05, 0.1) is 6.04 Å². The number of ketones is 1. The van der Waals surface area contributed by atoms with Crippen LogP contribution in [0, 0.1) is 5.92 Å². The van der Waals surface area contributed by atoms with Crippen LogP contribution in [0.5, 0.6) is 0 Å². The van der Waals surface area contributed by atoms with E-state index in [9.17, 15) is 9.59 Å². The lowest BCUT2D eigenvalue weighted by atomic mass is 10.0. The molecule has 0 aromatic heterocycles. The minimum absolute atomic E-state index is 0.0229. The molecule has 1 rings (SSSR count). The second-order valence-corrected chi connectivity index (χ2v) is 5.61. The lowest BCUT2D eigenvalue weighted by Crippen LogP contribution is -2.51. The van der Waals surface area contributed by atoms with Crippen LogP contribution in [0.4, 0.5) is 4.79 Å². The number of rotatable bonds is 3. The molecule has 16 heavy (non-hydrogen) atoms. The maximum Gasteiger partial charge on any atom is 0.318 e. The topological polar surface area (TPSA) is 49.4 Å². The molecule has 1 aliphatic rings. The molecule has 92 valence electrons. The zero-order chi connectivity index (χ0) is 12.1. The quantitative estimate of drug-likeness (QED) is 0.815. The zero-order valence-corrected chi connectivity index (χ0v) is 11.0. The van der Waals surface area contributed by atoms with Gasteiger partial charge in [-0.05, 0) is 12.8 Å². The number of hydrogen-bond donors (Lipinski definition) is 1. The van der Waals surface area contributed by atoms with Gasteiger partial charge in [-0.15, -0.1) is 0 Å². The van der Waals surface area contributed by atoms with Gasteiger partial charge in [-0.3, -0.25) is 4.79 Å². The van der Waals surface area contributed by atoms with Crippen molar-refractivity contribution >= 4 is 23.6 Å². The first kappa shape index (κ1) is 13.4. The lowest BCUT2D eigenvalue weighted by Gasteiger charge is -2.29. The molecule has 1 heterocycles. The zero-order valence-electron chi connectivity index (χ0n) is 10.2. The van der Waals surface area contributed by atoms with Crippen LogP contribution in [0.3, 0.4) is 0 Å². The summed E-state index contributed by atoms with van der Waals surface area (Å²) < 4.78 is 0. The Labute approximate surface area is 101 Å². The van der Waals surface area contributed by atoms with Gasteiger partial charge in [0.1, 0.15) is 0 Å². The third kappa shape index (κ3) is 3.70. The Bertz CT molecular complexity index is 263. The molecule has 0 spiro atoms. The fourth-order valence-electron chi connectivity index (χ4n) is 1.73. The Morgan fingerprint density at radius 1 is 1.25 bits per heavy atom. The SMILES string of the molecule is CC(=O)C(NC(=O)N1CCSCC1)C(C)C. The molecule has 0 saturated carbocycles. The Hall–Kier alpha value is -0.710. The number of Topliss-reactive ketones (excluding diaryl/α,β-unsaturated/α-hetero) is 1. The Morgan fingerprint density at radius 2 is 1.81 bits per heavy atom. The van der Waals surface area contributed by atoms with Crippen molar-refractivity contribution in [1.82, 2.24) is 10.2 Å². The molecule has 0 aromatic carbocycles. The van der Waals surface area contributed by atoms with E-state index in [2.05, 4.69) is 5.32 Å². The highest BCUT2D eigenvalue weighted by atomic mass is 32.2. The summed E-state index contributed by atoms with van der Waals surface area (Å²) in [6.45, 7) is 6.96. The summed E-state index contributed by atoms with van der Waals surface area (Å²) in [4.78, 5) is 25.0. The molecule has 0 bridgehead atoms. The number of amides is 2. The van der Waals surface area contributed by atoms with E-state index in [1.807, 2.05) is 25.6 Å². The van der Waals surface area contributed by atoms with Crippen molar-refractivity contribution in [3.8, 4) is 0 Å². The molecule has 1 atom stereocenters. The molecule has 1 saturated heterocycles. The summed E-state index contributed by atoms with van der Waals surface area (Å²) in [5.74, 6) is 2.13. The van der Waals surface area contributed by atoms with Gasteiger partial charge in [0.2, 0.25) is 0 Å². The van der Waals surface area contributed by atoms with Gasteiger partial charge in [-0.25, -0.2) is 4.79 Å².